The average Bonchev–Trinajstić information content (AvgIpc) is 2.48. The van der Waals surface area contributed by atoms with Crippen molar-refractivity contribution in [2.45, 2.75) is 25.7 Å². The summed E-state index contributed by atoms with van der Waals surface area (Å²) in [5, 5.41) is 12.4. The second-order valence-corrected chi connectivity index (χ2v) is 6.20. The van der Waals surface area contributed by atoms with Crippen LogP contribution in [0.2, 0.25) is 0 Å². The van der Waals surface area contributed by atoms with E-state index in [-0.39, 0.29) is 12.5 Å². The third kappa shape index (κ3) is 3.52. The molecule has 1 aliphatic rings. The van der Waals surface area contributed by atoms with E-state index in [0.717, 1.165) is 12.8 Å². The molecule has 0 radical (unpaired) electrons. The molecule has 0 aromatic heterocycles. The van der Waals surface area contributed by atoms with E-state index < -0.39 is 0 Å². The summed E-state index contributed by atoms with van der Waals surface area (Å²) in [4.78, 5) is 12.2. The number of aliphatic hydroxyl groups excluding tert-OH is 1. The highest BCUT2D eigenvalue weighted by Crippen LogP contribution is 2.29. The van der Waals surface area contributed by atoms with Gasteiger partial charge in [-0.2, -0.15) is 0 Å². The minimum absolute atomic E-state index is 0.119. The van der Waals surface area contributed by atoms with Crippen LogP contribution < -0.4 is 11.1 Å². The summed E-state index contributed by atoms with van der Waals surface area (Å²) >= 11 is 3.35. The summed E-state index contributed by atoms with van der Waals surface area (Å²) in [5.74, 6) is 0.567. The Bertz CT molecular complexity index is 479. The monoisotopic (exact) mass is 340 g/mol. The summed E-state index contributed by atoms with van der Waals surface area (Å²) in [6.45, 7) is 0.827. The number of nitrogens with two attached hydrogens (primary N) is 1. The van der Waals surface area contributed by atoms with Crippen LogP contribution in [0.4, 0.5) is 5.69 Å². The van der Waals surface area contributed by atoms with E-state index in [4.69, 9.17) is 5.73 Å². The van der Waals surface area contributed by atoms with E-state index in [1.165, 1.54) is 12.8 Å². The maximum Gasteiger partial charge on any atom is 0.252 e. The molecular weight excluding hydrogens is 320 g/mol. The summed E-state index contributed by atoms with van der Waals surface area (Å²) < 4.78 is 0.639. The van der Waals surface area contributed by atoms with Gasteiger partial charge in [-0.1, -0.05) is 18.9 Å². The molecule has 2 unspecified atom stereocenters. The first-order valence-corrected chi connectivity index (χ1v) is 7.85. The second kappa shape index (κ2) is 7.09. The first-order valence-electron chi connectivity index (χ1n) is 7.06. The Hall–Kier alpha value is -1.07. The first-order chi connectivity index (χ1) is 9.63. The molecule has 2 rings (SSSR count). The van der Waals surface area contributed by atoms with Gasteiger partial charge in [0.05, 0.1) is 10.0 Å². The quantitative estimate of drug-likeness (QED) is 0.737. The molecule has 1 aromatic carbocycles. The Morgan fingerprint density at radius 2 is 2.05 bits per heavy atom. The Balaban J connectivity index is 1.96. The zero-order valence-electron chi connectivity index (χ0n) is 11.4. The van der Waals surface area contributed by atoms with Gasteiger partial charge in [0.15, 0.2) is 0 Å². The van der Waals surface area contributed by atoms with Crippen molar-refractivity contribution < 1.29 is 9.90 Å². The van der Waals surface area contributed by atoms with Crippen LogP contribution in [-0.2, 0) is 0 Å². The third-order valence-electron chi connectivity index (χ3n) is 4.10. The van der Waals surface area contributed by atoms with Crippen molar-refractivity contribution in [1.29, 1.82) is 0 Å². The minimum atomic E-state index is -0.119. The van der Waals surface area contributed by atoms with Crippen molar-refractivity contribution in [3.8, 4) is 0 Å². The van der Waals surface area contributed by atoms with E-state index in [1.807, 2.05) is 0 Å². The van der Waals surface area contributed by atoms with Gasteiger partial charge >= 0.3 is 0 Å². The minimum Gasteiger partial charge on any atom is -0.398 e. The number of rotatable bonds is 4. The highest BCUT2D eigenvalue weighted by Gasteiger charge is 2.25. The van der Waals surface area contributed by atoms with Crippen molar-refractivity contribution in [2.24, 2.45) is 11.8 Å². The number of carbonyl (C=O) groups is 1. The number of nitrogen functional groups attached to an aromatic ring is 1. The van der Waals surface area contributed by atoms with Gasteiger partial charge in [0.25, 0.3) is 5.91 Å². The smallest absolute Gasteiger partial charge is 0.252 e. The molecule has 1 aliphatic carbocycles. The molecule has 4 N–H and O–H groups in total. The Kier molecular flexibility index (Phi) is 5.43. The third-order valence-corrected chi connectivity index (χ3v) is 4.98. The molecule has 5 heteroatoms. The van der Waals surface area contributed by atoms with E-state index in [9.17, 15) is 9.90 Å². The van der Waals surface area contributed by atoms with E-state index in [1.54, 1.807) is 18.2 Å². The SMILES string of the molecule is Nc1cccc(C(=O)NCC2CCCCC2CO)c1Br. The zero-order chi connectivity index (χ0) is 14.5. The van der Waals surface area contributed by atoms with Crippen LogP contribution in [0.25, 0.3) is 0 Å². The summed E-state index contributed by atoms with van der Waals surface area (Å²) in [6, 6.07) is 5.27. The molecule has 0 aliphatic heterocycles. The molecule has 0 heterocycles. The number of anilines is 1. The Morgan fingerprint density at radius 1 is 1.35 bits per heavy atom. The van der Waals surface area contributed by atoms with Gasteiger partial charge in [0, 0.05) is 18.8 Å². The lowest BCUT2D eigenvalue weighted by atomic mass is 9.79. The number of benzene rings is 1. The van der Waals surface area contributed by atoms with Crippen molar-refractivity contribution in [1.82, 2.24) is 5.32 Å². The fourth-order valence-electron chi connectivity index (χ4n) is 2.84. The molecule has 0 bridgehead atoms. The second-order valence-electron chi connectivity index (χ2n) is 5.41. The first kappa shape index (κ1) is 15.3. The number of nitrogens with one attached hydrogen (secondary N) is 1. The van der Waals surface area contributed by atoms with Crippen LogP contribution >= 0.6 is 15.9 Å². The van der Waals surface area contributed by atoms with Crippen LogP contribution in [0, 0.1) is 11.8 Å². The molecule has 4 nitrogen and oxygen atoms in total. The van der Waals surface area contributed by atoms with Gasteiger partial charge in [-0.15, -0.1) is 0 Å². The van der Waals surface area contributed by atoms with Crippen LogP contribution in [0.1, 0.15) is 36.0 Å². The molecule has 2 atom stereocenters. The van der Waals surface area contributed by atoms with Crippen LogP contribution in [0.5, 0.6) is 0 Å². The molecule has 1 saturated carbocycles. The largest absolute Gasteiger partial charge is 0.398 e. The van der Waals surface area contributed by atoms with Gasteiger partial charge in [0.2, 0.25) is 0 Å². The molecule has 1 fully saturated rings. The van der Waals surface area contributed by atoms with Crippen LogP contribution in [-0.4, -0.2) is 24.2 Å². The summed E-state index contributed by atoms with van der Waals surface area (Å²) in [6.07, 6.45) is 4.48. The summed E-state index contributed by atoms with van der Waals surface area (Å²) in [5.41, 5.74) is 6.90. The highest BCUT2D eigenvalue weighted by atomic mass is 79.9. The molecule has 110 valence electrons. The number of aliphatic hydroxyl groups is 1. The van der Waals surface area contributed by atoms with Gasteiger partial charge in [-0.05, 0) is 52.7 Å². The van der Waals surface area contributed by atoms with Crippen molar-refractivity contribution >= 4 is 27.5 Å². The lowest BCUT2D eigenvalue weighted by Crippen LogP contribution is -2.35. The maximum absolute atomic E-state index is 12.2. The van der Waals surface area contributed by atoms with Gasteiger partial charge < -0.3 is 16.2 Å². The predicted octanol–water partition coefficient (Wildman–Crippen LogP) is 2.56. The summed E-state index contributed by atoms with van der Waals surface area (Å²) in [7, 11) is 0. The van der Waals surface area contributed by atoms with Gasteiger partial charge in [-0.3, -0.25) is 4.79 Å². The number of halogens is 1. The lowest BCUT2D eigenvalue weighted by molar-refractivity contribution is 0.0908. The maximum atomic E-state index is 12.2. The molecule has 1 amide bonds. The molecular formula is C15H21BrN2O2. The molecule has 1 aromatic rings. The number of amides is 1. The molecule has 0 spiro atoms. The zero-order valence-corrected chi connectivity index (χ0v) is 13.0. The average molecular weight is 341 g/mol. The van der Waals surface area contributed by atoms with Gasteiger partial charge in [0.1, 0.15) is 0 Å². The van der Waals surface area contributed by atoms with Crippen molar-refractivity contribution in [2.75, 3.05) is 18.9 Å². The van der Waals surface area contributed by atoms with E-state index in [2.05, 4.69) is 21.2 Å². The standard InChI is InChI=1S/C15H21BrN2O2/c16-14-12(6-3-7-13(14)17)15(20)18-8-10-4-1-2-5-11(10)9-19/h3,6-7,10-11,19H,1-2,4-5,8-9,17H2,(H,18,20). The normalized spacial score (nSPS) is 22.5. The Morgan fingerprint density at radius 3 is 2.75 bits per heavy atom. The van der Waals surface area contributed by atoms with Crippen LogP contribution in [0.3, 0.4) is 0 Å². The number of hydrogen-bond donors (Lipinski definition) is 3. The highest BCUT2D eigenvalue weighted by molar-refractivity contribution is 9.10. The molecule has 20 heavy (non-hydrogen) atoms. The van der Waals surface area contributed by atoms with Crippen molar-refractivity contribution in [3.63, 3.8) is 0 Å². The predicted molar refractivity (Wildman–Crippen MR) is 83.4 cm³/mol. The van der Waals surface area contributed by atoms with E-state index >= 15 is 0 Å². The van der Waals surface area contributed by atoms with Gasteiger partial charge in [-0.25, -0.2) is 0 Å². The number of hydrogen-bond acceptors (Lipinski definition) is 3. The van der Waals surface area contributed by atoms with E-state index in [0.29, 0.717) is 34.1 Å². The fraction of sp³-hybridized carbons (Fsp3) is 0.533. The topological polar surface area (TPSA) is 75.4 Å². The fourth-order valence-corrected chi connectivity index (χ4v) is 3.28. The number of carbonyl (C=O) groups excluding carboxylic acids is 1. The Labute approximate surface area is 127 Å². The molecule has 0 saturated heterocycles. The van der Waals surface area contributed by atoms with Crippen molar-refractivity contribution in [3.05, 3.63) is 28.2 Å². The lowest BCUT2D eigenvalue weighted by Gasteiger charge is -2.30. The van der Waals surface area contributed by atoms with Crippen LogP contribution in [0.15, 0.2) is 22.7 Å².